The highest BCUT2D eigenvalue weighted by Gasteiger charge is 2.41. The number of thiazole rings is 1. The number of carbonyl (C=O) groups excluding carboxylic acids is 1. The van der Waals surface area contributed by atoms with Crippen molar-refractivity contribution in [1.29, 1.82) is 0 Å². The van der Waals surface area contributed by atoms with E-state index in [-0.39, 0.29) is 18.0 Å². The topological polar surface area (TPSA) is 79.4 Å². The summed E-state index contributed by atoms with van der Waals surface area (Å²) in [5, 5.41) is 2.92. The van der Waals surface area contributed by atoms with E-state index >= 15 is 0 Å². The lowest BCUT2D eigenvalue weighted by Crippen LogP contribution is -2.50. The molecule has 2 heterocycles. The van der Waals surface area contributed by atoms with Gasteiger partial charge in [-0.1, -0.05) is 51.1 Å². The van der Waals surface area contributed by atoms with Crippen molar-refractivity contribution in [3.8, 4) is 10.6 Å². The Bertz CT molecular complexity index is 933. The minimum atomic E-state index is -3.36. The molecular weight excluding hydrogens is 394 g/mol. The standard InChI is InChI=1S/C20H27N3O3S2/c1-20(2,3)19(24)23-11-10-16(22-28(4,25)26)17(23)12-15-13-27-18(21-15)14-8-6-5-7-9-14/h5-9,13,16-17,22H,10-12H2,1-4H3/t16-,17-/m0/s1. The molecule has 1 saturated heterocycles. The molecule has 152 valence electrons. The highest BCUT2D eigenvalue weighted by Crippen LogP contribution is 2.30. The number of nitrogens with one attached hydrogen (secondary N) is 1. The Kier molecular flexibility index (Phi) is 5.93. The van der Waals surface area contributed by atoms with E-state index in [1.54, 1.807) is 11.3 Å². The average molecular weight is 422 g/mol. The Morgan fingerprint density at radius 3 is 2.57 bits per heavy atom. The first kappa shape index (κ1) is 21.0. The lowest BCUT2D eigenvalue weighted by Gasteiger charge is -2.32. The maximum atomic E-state index is 12.9. The molecular formula is C20H27N3O3S2. The van der Waals surface area contributed by atoms with E-state index < -0.39 is 15.4 Å². The lowest BCUT2D eigenvalue weighted by molar-refractivity contribution is -0.140. The maximum absolute atomic E-state index is 12.9. The van der Waals surface area contributed by atoms with Gasteiger partial charge >= 0.3 is 0 Å². The van der Waals surface area contributed by atoms with Crippen molar-refractivity contribution in [2.75, 3.05) is 12.8 Å². The summed E-state index contributed by atoms with van der Waals surface area (Å²) in [5.41, 5.74) is 1.41. The van der Waals surface area contributed by atoms with Crippen LogP contribution in [0, 0.1) is 5.41 Å². The Labute approximate surface area is 171 Å². The molecule has 0 radical (unpaired) electrons. The number of aromatic nitrogens is 1. The molecule has 0 bridgehead atoms. The van der Waals surface area contributed by atoms with E-state index in [1.165, 1.54) is 0 Å². The quantitative estimate of drug-likeness (QED) is 0.805. The van der Waals surface area contributed by atoms with E-state index in [4.69, 9.17) is 4.98 Å². The fraction of sp³-hybridized carbons (Fsp3) is 0.500. The molecule has 2 atom stereocenters. The van der Waals surface area contributed by atoms with Gasteiger partial charge in [-0.15, -0.1) is 11.3 Å². The monoisotopic (exact) mass is 421 g/mol. The van der Waals surface area contributed by atoms with Gasteiger partial charge in [0.2, 0.25) is 15.9 Å². The predicted octanol–water partition coefficient (Wildman–Crippen LogP) is 2.92. The van der Waals surface area contributed by atoms with E-state index in [0.29, 0.717) is 19.4 Å². The van der Waals surface area contributed by atoms with Gasteiger partial charge in [-0.2, -0.15) is 0 Å². The highest BCUT2D eigenvalue weighted by atomic mass is 32.2. The molecule has 3 rings (SSSR count). The van der Waals surface area contributed by atoms with Crippen LogP contribution in [0.15, 0.2) is 35.7 Å². The number of benzene rings is 1. The number of likely N-dealkylation sites (tertiary alicyclic amines) is 1. The van der Waals surface area contributed by atoms with Gasteiger partial charge < -0.3 is 4.90 Å². The van der Waals surface area contributed by atoms with Gasteiger partial charge in [0.25, 0.3) is 0 Å². The number of amides is 1. The zero-order valence-electron chi connectivity index (χ0n) is 16.7. The van der Waals surface area contributed by atoms with Crippen LogP contribution in [-0.2, 0) is 21.2 Å². The molecule has 1 aromatic heterocycles. The number of nitrogens with zero attached hydrogens (tertiary/aromatic N) is 2. The third-order valence-corrected chi connectivity index (χ3v) is 6.48. The molecule has 0 aliphatic carbocycles. The SMILES string of the molecule is CC(C)(C)C(=O)N1CC[C@H](NS(C)(=O)=O)[C@@H]1Cc1csc(-c2ccccc2)n1. The second-order valence-corrected chi connectivity index (χ2v) is 11.0. The summed E-state index contributed by atoms with van der Waals surface area (Å²) in [6, 6.07) is 9.40. The largest absolute Gasteiger partial charge is 0.337 e. The first-order valence-corrected chi connectivity index (χ1v) is 12.1. The Balaban J connectivity index is 1.85. The third-order valence-electron chi connectivity index (χ3n) is 4.80. The molecule has 1 fully saturated rings. The lowest BCUT2D eigenvalue weighted by atomic mass is 9.93. The summed E-state index contributed by atoms with van der Waals surface area (Å²) in [4.78, 5) is 19.5. The van der Waals surface area contributed by atoms with Crippen LogP contribution in [0.25, 0.3) is 10.6 Å². The molecule has 2 aromatic rings. The van der Waals surface area contributed by atoms with Gasteiger partial charge in [-0.3, -0.25) is 4.79 Å². The van der Waals surface area contributed by atoms with E-state index in [0.717, 1.165) is 22.5 Å². The van der Waals surface area contributed by atoms with E-state index in [1.807, 2.05) is 61.4 Å². The summed E-state index contributed by atoms with van der Waals surface area (Å²) in [7, 11) is -3.36. The van der Waals surface area contributed by atoms with Crippen molar-refractivity contribution in [3.63, 3.8) is 0 Å². The molecule has 1 N–H and O–H groups in total. The van der Waals surface area contributed by atoms with Gasteiger partial charge in [0.15, 0.2) is 0 Å². The van der Waals surface area contributed by atoms with Crippen LogP contribution < -0.4 is 4.72 Å². The van der Waals surface area contributed by atoms with E-state index in [2.05, 4.69) is 4.72 Å². The fourth-order valence-electron chi connectivity index (χ4n) is 3.53. The minimum Gasteiger partial charge on any atom is -0.337 e. The average Bonchev–Trinajstić information content (AvgIpc) is 3.21. The summed E-state index contributed by atoms with van der Waals surface area (Å²) >= 11 is 1.56. The van der Waals surface area contributed by atoms with Gasteiger partial charge in [0.1, 0.15) is 5.01 Å². The summed E-state index contributed by atoms with van der Waals surface area (Å²) in [5.74, 6) is 0.0359. The second kappa shape index (κ2) is 7.93. The normalized spacial score (nSPS) is 20.5. The number of rotatable bonds is 5. The second-order valence-electron chi connectivity index (χ2n) is 8.32. The van der Waals surface area contributed by atoms with Gasteiger partial charge in [-0.25, -0.2) is 18.1 Å². The highest BCUT2D eigenvalue weighted by molar-refractivity contribution is 7.88. The van der Waals surface area contributed by atoms with Crippen LogP contribution >= 0.6 is 11.3 Å². The van der Waals surface area contributed by atoms with Gasteiger partial charge in [0, 0.05) is 35.4 Å². The Morgan fingerprint density at radius 2 is 1.96 bits per heavy atom. The third kappa shape index (κ3) is 4.98. The Morgan fingerprint density at radius 1 is 1.29 bits per heavy atom. The Hall–Kier alpha value is -1.77. The summed E-state index contributed by atoms with van der Waals surface area (Å²) in [6.45, 7) is 6.21. The first-order valence-electron chi connectivity index (χ1n) is 9.33. The zero-order chi connectivity index (χ0) is 20.5. The van der Waals surface area contributed by atoms with Crippen LogP contribution in [0.3, 0.4) is 0 Å². The molecule has 6 nitrogen and oxygen atoms in total. The van der Waals surface area contributed by atoms with Crippen molar-refractivity contribution in [2.45, 2.75) is 45.7 Å². The predicted molar refractivity (Wildman–Crippen MR) is 113 cm³/mol. The van der Waals surface area contributed by atoms with Crippen LogP contribution in [0.2, 0.25) is 0 Å². The van der Waals surface area contributed by atoms with Gasteiger partial charge in [-0.05, 0) is 6.42 Å². The molecule has 1 amide bonds. The number of hydrogen-bond acceptors (Lipinski definition) is 5. The van der Waals surface area contributed by atoms with Crippen LogP contribution in [0.5, 0.6) is 0 Å². The summed E-state index contributed by atoms with van der Waals surface area (Å²) in [6.07, 6.45) is 2.29. The molecule has 28 heavy (non-hydrogen) atoms. The minimum absolute atomic E-state index is 0.0359. The zero-order valence-corrected chi connectivity index (χ0v) is 18.3. The van der Waals surface area contributed by atoms with Crippen molar-refractivity contribution in [2.24, 2.45) is 5.41 Å². The van der Waals surface area contributed by atoms with Gasteiger partial charge in [0.05, 0.1) is 18.0 Å². The van der Waals surface area contributed by atoms with E-state index in [9.17, 15) is 13.2 Å². The summed E-state index contributed by atoms with van der Waals surface area (Å²) < 4.78 is 26.4. The molecule has 1 aromatic carbocycles. The number of sulfonamides is 1. The first-order chi connectivity index (χ1) is 13.0. The smallest absolute Gasteiger partial charge is 0.228 e. The number of carbonyl (C=O) groups is 1. The molecule has 1 aliphatic heterocycles. The van der Waals surface area contributed by atoms with Crippen LogP contribution in [0.1, 0.15) is 32.9 Å². The fourth-order valence-corrected chi connectivity index (χ4v) is 5.19. The van der Waals surface area contributed by atoms with Crippen molar-refractivity contribution in [3.05, 3.63) is 41.4 Å². The van der Waals surface area contributed by atoms with Crippen molar-refractivity contribution in [1.82, 2.24) is 14.6 Å². The van der Waals surface area contributed by atoms with Crippen LogP contribution in [-0.4, -0.2) is 49.1 Å². The molecule has 8 heteroatoms. The molecule has 1 aliphatic rings. The molecule has 0 saturated carbocycles. The maximum Gasteiger partial charge on any atom is 0.228 e. The number of hydrogen-bond donors (Lipinski definition) is 1. The molecule has 0 spiro atoms. The van der Waals surface area contributed by atoms with Crippen molar-refractivity contribution < 1.29 is 13.2 Å². The van der Waals surface area contributed by atoms with Crippen molar-refractivity contribution >= 4 is 27.3 Å². The molecule has 0 unspecified atom stereocenters. The van der Waals surface area contributed by atoms with Crippen LogP contribution in [0.4, 0.5) is 0 Å².